The minimum absolute atomic E-state index is 0.648. The first-order valence-electron chi connectivity index (χ1n) is 18.2. The Kier molecular flexibility index (Phi) is 6.79. The highest BCUT2D eigenvalue weighted by atomic mass is 15.0. The Morgan fingerprint density at radius 2 is 0.741 bits per heavy atom. The van der Waals surface area contributed by atoms with Gasteiger partial charge in [0.05, 0.1) is 22.1 Å². The molecular formula is C49H31N5. The Bertz CT molecular complexity index is 3140. The molecule has 11 rings (SSSR count). The van der Waals surface area contributed by atoms with E-state index >= 15 is 0 Å². The van der Waals surface area contributed by atoms with Crippen LogP contribution in [-0.4, -0.2) is 24.1 Å². The van der Waals surface area contributed by atoms with Crippen molar-refractivity contribution in [3.05, 3.63) is 188 Å². The first-order valence-corrected chi connectivity index (χ1v) is 18.2. The number of benzene rings is 8. The second-order valence-corrected chi connectivity index (χ2v) is 13.7. The minimum atomic E-state index is 0.648. The zero-order valence-electron chi connectivity index (χ0n) is 29.1. The largest absolute Gasteiger partial charge is 0.309 e. The normalized spacial score (nSPS) is 11.7. The van der Waals surface area contributed by atoms with Gasteiger partial charge in [-0.1, -0.05) is 133 Å². The van der Waals surface area contributed by atoms with Crippen molar-refractivity contribution in [1.82, 2.24) is 24.1 Å². The van der Waals surface area contributed by atoms with Crippen LogP contribution in [0.5, 0.6) is 0 Å². The Hall–Kier alpha value is -7.37. The molecule has 0 bridgehead atoms. The zero-order valence-corrected chi connectivity index (χ0v) is 29.1. The number of para-hydroxylation sites is 3. The van der Waals surface area contributed by atoms with Crippen LogP contribution in [0.25, 0.3) is 99.9 Å². The van der Waals surface area contributed by atoms with Crippen LogP contribution in [0.1, 0.15) is 0 Å². The molecule has 0 saturated carbocycles. The highest BCUT2D eigenvalue weighted by molar-refractivity contribution is 6.29. The first kappa shape index (κ1) is 30.3. The molecule has 5 nitrogen and oxygen atoms in total. The molecule has 0 atom stereocenters. The fraction of sp³-hybridized carbons (Fsp3) is 0. The summed E-state index contributed by atoms with van der Waals surface area (Å²) in [6.07, 6.45) is 0. The zero-order chi connectivity index (χ0) is 35.6. The molecule has 11 aromatic rings. The predicted octanol–water partition coefficient (Wildman–Crippen LogP) is 12.2. The standard InChI is InChI=1S/C49H31N5/c1-4-14-32(15-5-1)47-50-48(33-16-6-2-7-17-33)52-49(51-47)36-25-24-35-31-38(27-26-34(35)30-36)54-42-23-13-11-21-40(42)46-44(54)29-28-43-45(46)39-20-10-12-22-41(39)53(43)37-18-8-3-9-19-37/h1-31H. The predicted molar refractivity (Wildman–Crippen MR) is 222 cm³/mol. The third kappa shape index (κ3) is 4.76. The van der Waals surface area contributed by atoms with E-state index in [-0.39, 0.29) is 0 Å². The monoisotopic (exact) mass is 689 g/mol. The van der Waals surface area contributed by atoms with Crippen LogP contribution in [0, 0.1) is 0 Å². The van der Waals surface area contributed by atoms with Crippen molar-refractivity contribution in [2.75, 3.05) is 0 Å². The van der Waals surface area contributed by atoms with Gasteiger partial charge in [0, 0.05) is 49.6 Å². The highest BCUT2D eigenvalue weighted by Gasteiger charge is 2.20. The van der Waals surface area contributed by atoms with Crippen molar-refractivity contribution < 1.29 is 0 Å². The van der Waals surface area contributed by atoms with Crippen molar-refractivity contribution in [3.8, 4) is 45.5 Å². The lowest BCUT2D eigenvalue weighted by molar-refractivity contribution is 1.07. The van der Waals surface area contributed by atoms with Gasteiger partial charge >= 0.3 is 0 Å². The lowest BCUT2D eigenvalue weighted by atomic mass is 10.0. The second-order valence-electron chi connectivity index (χ2n) is 13.7. The maximum Gasteiger partial charge on any atom is 0.164 e. The van der Waals surface area contributed by atoms with Gasteiger partial charge in [0.15, 0.2) is 17.5 Å². The van der Waals surface area contributed by atoms with Gasteiger partial charge in [0.25, 0.3) is 0 Å². The summed E-state index contributed by atoms with van der Waals surface area (Å²) in [5.41, 5.74) is 9.90. The van der Waals surface area contributed by atoms with E-state index in [4.69, 9.17) is 15.0 Å². The maximum absolute atomic E-state index is 4.97. The molecule has 0 aliphatic heterocycles. The van der Waals surface area contributed by atoms with Crippen LogP contribution in [-0.2, 0) is 0 Å². The molecule has 54 heavy (non-hydrogen) atoms. The van der Waals surface area contributed by atoms with E-state index in [0.717, 1.165) is 38.8 Å². The molecule has 0 fully saturated rings. The summed E-state index contributed by atoms with van der Waals surface area (Å²) >= 11 is 0. The van der Waals surface area contributed by atoms with Gasteiger partial charge < -0.3 is 9.13 Å². The van der Waals surface area contributed by atoms with Gasteiger partial charge in [-0.05, 0) is 65.4 Å². The molecule has 0 radical (unpaired) electrons. The summed E-state index contributed by atoms with van der Waals surface area (Å²) in [7, 11) is 0. The van der Waals surface area contributed by atoms with Gasteiger partial charge in [-0.15, -0.1) is 0 Å². The average Bonchev–Trinajstić information content (AvgIpc) is 3.77. The van der Waals surface area contributed by atoms with E-state index < -0.39 is 0 Å². The fourth-order valence-electron chi connectivity index (χ4n) is 8.10. The number of hydrogen-bond donors (Lipinski definition) is 0. The number of aromatic nitrogens is 5. The molecule has 3 heterocycles. The van der Waals surface area contributed by atoms with Crippen LogP contribution >= 0.6 is 0 Å². The van der Waals surface area contributed by atoms with Crippen molar-refractivity contribution in [2.45, 2.75) is 0 Å². The molecule has 252 valence electrons. The Labute approximate surface area is 311 Å². The summed E-state index contributed by atoms with van der Waals surface area (Å²) in [6, 6.07) is 66.2. The Morgan fingerprint density at radius 1 is 0.296 bits per heavy atom. The molecule has 0 unspecified atom stereocenters. The lowest BCUT2D eigenvalue weighted by Gasteiger charge is -2.11. The molecular weight excluding hydrogens is 659 g/mol. The summed E-state index contributed by atoms with van der Waals surface area (Å²) in [5.74, 6) is 1.96. The second kappa shape index (κ2) is 12.1. The van der Waals surface area contributed by atoms with E-state index in [2.05, 4.69) is 137 Å². The van der Waals surface area contributed by atoms with Gasteiger partial charge in [-0.2, -0.15) is 0 Å². The summed E-state index contributed by atoms with van der Waals surface area (Å²) < 4.78 is 4.80. The van der Waals surface area contributed by atoms with Crippen LogP contribution in [0.2, 0.25) is 0 Å². The van der Waals surface area contributed by atoms with Crippen molar-refractivity contribution in [1.29, 1.82) is 0 Å². The molecule has 0 aliphatic rings. The topological polar surface area (TPSA) is 48.5 Å². The van der Waals surface area contributed by atoms with Crippen LogP contribution in [0.4, 0.5) is 0 Å². The van der Waals surface area contributed by atoms with Crippen LogP contribution in [0.15, 0.2) is 188 Å². The smallest absolute Gasteiger partial charge is 0.164 e. The van der Waals surface area contributed by atoms with Gasteiger partial charge in [0.2, 0.25) is 0 Å². The van der Waals surface area contributed by atoms with Crippen LogP contribution < -0.4 is 0 Å². The van der Waals surface area contributed by atoms with Gasteiger partial charge in [-0.3, -0.25) is 0 Å². The molecule has 0 amide bonds. The summed E-state index contributed by atoms with van der Waals surface area (Å²) in [6.45, 7) is 0. The number of hydrogen-bond acceptors (Lipinski definition) is 3. The van der Waals surface area contributed by atoms with E-state index in [1.165, 1.54) is 43.6 Å². The van der Waals surface area contributed by atoms with Crippen molar-refractivity contribution in [3.63, 3.8) is 0 Å². The average molecular weight is 690 g/mol. The Balaban J connectivity index is 1.08. The summed E-state index contributed by atoms with van der Waals surface area (Å²) in [5, 5.41) is 7.29. The molecule has 0 aliphatic carbocycles. The molecule has 8 aromatic carbocycles. The highest BCUT2D eigenvalue weighted by Crippen LogP contribution is 2.42. The van der Waals surface area contributed by atoms with E-state index in [1.807, 2.05) is 60.7 Å². The summed E-state index contributed by atoms with van der Waals surface area (Å²) in [4.78, 5) is 14.8. The lowest BCUT2D eigenvalue weighted by Crippen LogP contribution is -2.00. The third-order valence-electron chi connectivity index (χ3n) is 10.5. The molecule has 5 heteroatoms. The van der Waals surface area contributed by atoms with Gasteiger partial charge in [-0.25, -0.2) is 15.0 Å². The fourth-order valence-corrected chi connectivity index (χ4v) is 8.10. The first-order chi connectivity index (χ1) is 26.8. The molecule has 0 saturated heterocycles. The Morgan fingerprint density at radius 3 is 1.31 bits per heavy atom. The van der Waals surface area contributed by atoms with Crippen LogP contribution in [0.3, 0.4) is 0 Å². The third-order valence-corrected chi connectivity index (χ3v) is 10.5. The molecule has 0 N–H and O–H groups in total. The van der Waals surface area contributed by atoms with Crippen molar-refractivity contribution in [2.24, 2.45) is 0 Å². The van der Waals surface area contributed by atoms with E-state index in [1.54, 1.807) is 0 Å². The molecule has 3 aromatic heterocycles. The number of fused-ring (bicyclic) bond motifs is 8. The quantitative estimate of drug-likeness (QED) is 0.181. The van der Waals surface area contributed by atoms with Gasteiger partial charge in [0.1, 0.15) is 0 Å². The van der Waals surface area contributed by atoms with E-state index in [0.29, 0.717) is 17.5 Å². The minimum Gasteiger partial charge on any atom is -0.309 e. The number of nitrogens with zero attached hydrogens (tertiary/aromatic N) is 5. The van der Waals surface area contributed by atoms with Crippen molar-refractivity contribution >= 4 is 54.4 Å². The maximum atomic E-state index is 4.97. The van der Waals surface area contributed by atoms with E-state index in [9.17, 15) is 0 Å². The SMILES string of the molecule is c1ccc(-c2nc(-c3ccccc3)nc(-c3ccc4cc(-n5c6ccccc6c6c7c8ccccc8n(-c8ccccc8)c7ccc65)ccc4c3)n2)cc1. The number of rotatable bonds is 5. The molecule has 0 spiro atoms.